The summed E-state index contributed by atoms with van der Waals surface area (Å²) in [7, 11) is 0. The Balaban J connectivity index is 5.37. The van der Waals surface area contributed by atoms with Crippen LogP contribution in [0.1, 0.15) is 26.7 Å². The highest BCUT2D eigenvalue weighted by atomic mass is 16.4. The number of carbonyl (C=O) groups excluding carboxylic acids is 4. The molecule has 0 aromatic heterocycles. The molecule has 0 bridgehead atoms. The molecule has 0 aliphatic carbocycles. The Morgan fingerprint density at radius 2 is 1.37 bits per heavy atom. The summed E-state index contributed by atoms with van der Waals surface area (Å²) in [5.74, 6) is -7.33. The maximum absolute atomic E-state index is 12.6. The maximum Gasteiger partial charge on any atom is 0.328 e. The van der Waals surface area contributed by atoms with Crippen LogP contribution in [0.25, 0.3) is 0 Å². The first-order valence-electron chi connectivity index (χ1n) is 8.80. The molecule has 0 heterocycles. The SMILES string of the molecule is CC(C)C(NC(=O)C(N)CC(=O)O)C(=O)NC(CC(N)=O)C(=O)NC(CO)C(=O)O. The molecule has 30 heavy (non-hydrogen) atoms. The molecule has 14 nitrogen and oxygen atoms in total. The largest absolute Gasteiger partial charge is 0.481 e. The standard InChI is InChI=1S/C16H27N5O9/c1-6(2)12(21-13(26)7(17)3-11(24)25)15(28)19-8(4-10(18)23)14(27)20-9(5-22)16(29)30/h6-9,12,22H,3-5,17H2,1-2H3,(H2,18,23)(H,19,28)(H,20,27)(H,21,26)(H,24,25)(H,29,30). The predicted octanol–water partition coefficient (Wildman–Crippen LogP) is -4.15. The van der Waals surface area contributed by atoms with Crippen molar-refractivity contribution >= 4 is 35.6 Å². The van der Waals surface area contributed by atoms with E-state index < -0.39 is 85.1 Å². The smallest absolute Gasteiger partial charge is 0.328 e. The maximum atomic E-state index is 12.6. The number of aliphatic carboxylic acids is 2. The topological polar surface area (TPSA) is 251 Å². The average Bonchev–Trinajstić information content (AvgIpc) is 2.61. The van der Waals surface area contributed by atoms with Crippen molar-refractivity contribution in [1.82, 2.24) is 16.0 Å². The van der Waals surface area contributed by atoms with E-state index in [1.165, 1.54) is 0 Å². The Bertz CT molecular complexity index is 682. The van der Waals surface area contributed by atoms with Gasteiger partial charge in [-0.05, 0) is 5.92 Å². The van der Waals surface area contributed by atoms with Crippen molar-refractivity contribution < 1.29 is 44.1 Å². The average molecular weight is 433 g/mol. The number of carboxylic acids is 2. The third kappa shape index (κ3) is 9.29. The second kappa shape index (κ2) is 12.3. The quantitative estimate of drug-likeness (QED) is 0.139. The highest BCUT2D eigenvalue weighted by molar-refractivity contribution is 5.96. The lowest BCUT2D eigenvalue weighted by atomic mass is 10.0. The van der Waals surface area contributed by atoms with Crippen LogP contribution in [-0.4, -0.2) is 81.7 Å². The highest BCUT2D eigenvalue weighted by Crippen LogP contribution is 2.05. The minimum atomic E-state index is -1.68. The number of aliphatic hydroxyl groups excluding tert-OH is 1. The summed E-state index contributed by atoms with van der Waals surface area (Å²) >= 11 is 0. The summed E-state index contributed by atoms with van der Waals surface area (Å²) < 4.78 is 0. The van der Waals surface area contributed by atoms with Crippen LogP contribution < -0.4 is 27.4 Å². The fraction of sp³-hybridized carbons (Fsp3) is 0.625. The molecule has 4 unspecified atom stereocenters. The lowest BCUT2D eigenvalue weighted by Gasteiger charge is -2.26. The summed E-state index contributed by atoms with van der Waals surface area (Å²) in [6.45, 7) is 2.15. The first-order valence-corrected chi connectivity index (χ1v) is 8.80. The van der Waals surface area contributed by atoms with Crippen LogP contribution in [0.3, 0.4) is 0 Å². The minimum absolute atomic E-state index is 0.535. The van der Waals surface area contributed by atoms with Gasteiger partial charge in [0.05, 0.1) is 25.5 Å². The molecule has 0 radical (unpaired) electrons. The van der Waals surface area contributed by atoms with Gasteiger partial charge in [0, 0.05) is 0 Å². The summed E-state index contributed by atoms with van der Waals surface area (Å²) in [5, 5.41) is 33.0. The molecule has 0 rings (SSSR count). The van der Waals surface area contributed by atoms with Gasteiger partial charge in [-0.15, -0.1) is 0 Å². The van der Waals surface area contributed by atoms with Crippen molar-refractivity contribution in [3.63, 3.8) is 0 Å². The zero-order chi connectivity index (χ0) is 23.6. The molecule has 0 aromatic carbocycles. The Labute approximate surface area is 171 Å². The molecule has 0 saturated carbocycles. The van der Waals surface area contributed by atoms with Gasteiger partial charge >= 0.3 is 11.9 Å². The molecule has 170 valence electrons. The summed E-state index contributed by atoms with van der Waals surface area (Å²) in [4.78, 5) is 69.7. The zero-order valence-corrected chi connectivity index (χ0v) is 16.5. The van der Waals surface area contributed by atoms with Gasteiger partial charge in [-0.2, -0.15) is 0 Å². The van der Waals surface area contributed by atoms with E-state index in [1.807, 2.05) is 5.32 Å². The van der Waals surface area contributed by atoms with Gasteiger partial charge in [0.15, 0.2) is 0 Å². The summed E-state index contributed by atoms with van der Waals surface area (Å²) in [6, 6.07) is -5.95. The number of hydrogen-bond acceptors (Lipinski definition) is 8. The summed E-state index contributed by atoms with van der Waals surface area (Å²) in [6.07, 6.45) is -1.37. The number of primary amides is 1. The van der Waals surface area contributed by atoms with E-state index in [0.717, 1.165) is 0 Å². The van der Waals surface area contributed by atoms with Gasteiger partial charge in [-0.25, -0.2) is 4.79 Å². The minimum Gasteiger partial charge on any atom is -0.481 e. The first-order chi connectivity index (χ1) is 13.8. The van der Waals surface area contributed by atoms with E-state index in [1.54, 1.807) is 13.8 Å². The van der Waals surface area contributed by atoms with Crippen molar-refractivity contribution in [2.24, 2.45) is 17.4 Å². The number of hydrogen-bond donors (Lipinski definition) is 8. The highest BCUT2D eigenvalue weighted by Gasteiger charge is 2.32. The molecule has 0 aliphatic rings. The monoisotopic (exact) mass is 433 g/mol. The molecule has 4 atom stereocenters. The Morgan fingerprint density at radius 1 is 0.833 bits per heavy atom. The molecule has 10 N–H and O–H groups in total. The van der Waals surface area contributed by atoms with E-state index in [4.69, 9.17) is 26.8 Å². The van der Waals surface area contributed by atoms with Crippen LogP contribution in [-0.2, 0) is 28.8 Å². The number of aliphatic hydroxyl groups is 1. The summed E-state index contributed by atoms with van der Waals surface area (Å²) in [5.41, 5.74) is 10.5. The predicted molar refractivity (Wildman–Crippen MR) is 99.4 cm³/mol. The lowest BCUT2D eigenvalue weighted by molar-refractivity contribution is -0.143. The van der Waals surface area contributed by atoms with Crippen molar-refractivity contribution in [2.45, 2.75) is 50.9 Å². The third-order valence-corrected chi connectivity index (χ3v) is 3.81. The van der Waals surface area contributed by atoms with Crippen LogP contribution in [0.15, 0.2) is 0 Å². The second-order valence-electron chi connectivity index (χ2n) is 6.75. The molecule has 0 aliphatic heterocycles. The van der Waals surface area contributed by atoms with Crippen molar-refractivity contribution in [2.75, 3.05) is 6.61 Å². The fourth-order valence-electron chi connectivity index (χ4n) is 2.21. The molecular weight excluding hydrogens is 406 g/mol. The van der Waals surface area contributed by atoms with Crippen LogP contribution >= 0.6 is 0 Å². The van der Waals surface area contributed by atoms with Crippen LogP contribution in [0.4, 0.5) is 0 Å². The number of nitrogens with two attached hydrogens (primary N) is 2. The van der Waals surface area contributed by atoms with E-state index >= 15 is 0 Å². The van der Waals surface area contributed by atoms with Crippen LogP contribution in [0.5, 0.6) is 0 Å². The Kier molecular flexibility index (Phi) is 11.0. The Hall–Kier alpha value is -3.26. The van der Waals surface area contributed by atoms with Crippen LogP contribution in [0, 0.1) is 5.92 Å². The molecule has 0 aromatic rings. The van der Waals surface area contributed by atoms with Gasteiger partial charge in [0.2, 0.25) is 23.6 Å². The molecule has 0 spiro atoms. The zero-order valence-electron chi connectivity index (χ0n) is 16.5. The molecule has 14 heteroatoms. The van der Waals surface area contributed by atoms with Gasteiger partial charge in [0.1, 0.15) is 18.1 Å². The normalized spacial score (nSPS) is 14.7. The van der Waals surface area contributed by atoms with Gasteiger partial charge in [0.25, 0.3) is 0 Å². The van der Waals surface area contributed by atoms with Crippen molar-refractivity contribution in [3.8, 4) is 0 Å². The molecular formula is C16H27N5O9. The van der Waals surface area contributed by atoms with E-state index in [9.17, 15) is 28.8 Å². The number of amides is 4. The van der Waals surface area contributed by atoms with Crippen LogP contribution in [0.2, 0.25) is 0 Å². The number of rotatable bonds is 13. The second-order valence-corrected chi connectivity index (χ2v) is 6.75. The van der Waals surface area contributed by atoms with E-state index in [-0.39, 0.29) is 0 Å². The van der Waals surface area contributed by atoms with Gasteiger partial charge < -0.3 is 42.7 Å². The van der Waals surface area contributed by atoms with E-state index in [0.29, 0.717) is 0 Å². The fourth-order valence-corrected chi connectivity index (χ4v) is 2.21. The Morgan fingerprint density at radius 3 is 1.77 bits per heavy atom. The van der Waals surface area contributed by atoms with E-state index in [2.05, 4.69) is 10.6 Å². The van der Waals surface area contributed by atoms with Crippen molar-refractivity contribution in [1.29, 1.82) is 0 Å². The number of carboxylic acid groups (broad SMARTS) is 2. The molecule has 0 fully saturated rings. The number of carbonyl (C=O) groups is 6. The third-order valence-electron chi connectivity index (χ3n) is 3.81. The first kappa shape index (κ1) is 26.7. The number of nitrogens with one attached hydrogen (secondary N) is 3. The van der Waals surface area contributed by atoms with Crippen molar-refractivity contribution in [3.05, 3.63) is 0 Å². The molecule has 4 amide bonds. The molecule has 0 saturated heterocycles. The van der Waals surface area contributed by atoms with Gasteiger partial charge in [-0.1, -0.05) is 13.8 Å². The van der Waals surface area contributed by atoms with Gasteiger partial charge in [-0.3, -0.25) is 24.0 Å². The lowest BCUT2D eigenvalue weighted by Crippen LogP contribution is -2.59.